The van der Waals surface area contributed by atoms with Crippen molar-refractivity contribution in [2.45, 2.75) is 58.2 Å². The van der Waals surface area contributed by atoms with E-state index in [0.717, 1.165) is 21.2 Å². The van der Waals surface area contributed by atoms with E-state index in [2.05, 4.69) is 21.2 Å². The molecule has 0 spiro atoms. The Bertz CT molecular complexity index is 1060. The molecule has 34 heavy (non-hydrogen) atoms. The number of carbonyl (C=O) groups excluding carboxylic acids is 2. The lowest BCUT2D eigenvalue weighted by molar-refractivity contribution is -0.141. The highest BCUT2D eigenvalue weighted by molar-refractivity contribution is 9.10. The third-order valence-electron chi connectivity index (χ3n) is 5.51. The van der Waals surface area contributed by atoms with Crippen LogP contribution >= 0.6 is 15.9 Å². The van der Waals surface area contributed by atoms with Crippen molar-refractivity contribution in [1.29, 1.82) is 0 Å². The first-order chi connectivity index (χ1) is 16.2. The van der Waals surface area contributed by atoms with Gasteiger partial charge in [0.15, 0.2) is 0 Å². The summed E-state index contributed by atoms with van der Waals surface area (Å²) in [6.07, 6.45) is 1.43. The monoisotopic (exact) mass is 520 g/mol. The van der Waals surface area contributed by atoms with Crippen LogP contribution in [-0.4, -0.2) is 28.3 Å². The van der Waals surface area contributed by atoms with Crippen molar-refractivity contribution < 1.29 is 9.59 Å². The fourth-order valence-electron chi connectivity index (χ4n) is 3.83. The number of nitrogens with one attached hydrogen (secondary N) is 1. The van der Waals surface area contributed by atoms with E-state index in [0.29, 0.717) is 25.8 Å². The number of benzene rings is 3. The van der Waals surface area contributed by atoms with Gasteiger partial charge in [0.2, 0.25) is 11.8 Å². The topological polar surface area (TPSA) is 49.4 Å². The van der Waals surface area contributed by atoms with Gasteiger partial charge in [-0.2, -0.15) is 0 Å². The molecule has 1 unspecified atom stereocenters. The highest BCUT2D eigenvalue weighted by atomic mass is 79.9. The third-order valence-corrected chi connectivity index (χ3v) is 6.03. The SMILES string of the molecule is CC(C)(C)NC(=O)C(Cc1ccccc1)N(Cc1ccc(Br)cc1)C(=O)CCc1ccccc1. The Morgan fingerprint density at radius 1 is 0.824 bits per heavy atom. The highest BCUT2D eigenvalue weighted by Gasteiger charge is 2.32. The average Bonchev–Trinajstić information content (AvgIpc) is 2.81. The molecule has 3 aromatic carbocycles. The fraction of sp³-hybridized carbons (Fsp3) is 0.310. The lowest BCUT2D eigenvalue weighted by Crippen LogP contribution is -2.54. The second-order valence-corrected chi connectivity index (χ2v) is 10.5. The molecule has 178 valence electrons. The molecule has 0 saturated heterocycles. The van der Waals surface area contributed by atoms with Crippen LogP contribution in [0.2, 0.25) is 0 Å². The molecule has 0 heterocycles. The maximum Gasteiger partial charge on any atom is 0.243 e. The molecule has 2 amide bonds. The molecule has 0 aliphatic heterocycles. The van der Waals surface area contributed by atoms with Gasteiger partial charge in [0, 0.05) is 29.4 Å². The summed E-state index contributed by atoms with van der Waals surface area (Å²) in [7, 11) is 0. The van der Waals surface area contributed by atoms with Crippen molar-refractivity contribution >= 4 is 27.7 Å². The molecule has 1 atom stereocenters. The zero-order valence-corrected chi connectivity index (χ0v) is 21.7. The number of hydrogen-bond acceptors (Lipinski definition) is 2. The van der Waals surface area contributed by atoms with E-state index in [1.807, 2.05) is 106 Å². The highest BCUT2D eigenvalue weighted by Crippen LogP contribution is 2.19. The van der Waals surface area contributed by atoms with Crippen molar-refractivity contribution in [3.05, 3.63) is 106 Å². The second-order valence-electron chi connectivity index (χ2n) is 9.58. The number of amides is 2. The Balaban J connectivity index is 1.91. The molecule has 0 radical (unpaired) electrons. The summed E-state index contributed by atoms with van der Waals surface area (Å²) in [5.74, 6) is -0.168. The van der Waals surface area contributed by atoms with Crippen molar-refractivity contribution in [2.75, 3.05) is 0 Å². The summed E-state index contributed by atoms with van der Waals surface area (Å²) < 4.78 is 0.976. The molecule has 5 heteroatoms. The molecular formula is C29H33BrN2O2. The maximum absolute atomic E-state index is 13.6. The number of halogens is 1. The molecule has 0 aromatic heterocycles. The van der Waals surface area contributed by atoms with E-state index < -0.39 is 11.6 Å². The number of aryl methyl sites for hydroxylation is 1. The van der Waals surface area contributed by atoms with Gasteiger partial charge in [0.25, 0.3) is 0 Å². The van der Waals surface area contributed by atoms with Gasteiger partial charge in [0.05, 0.1) is 0 Å². The maximum atomic E-state index is 13.6. The zero-order valence-electron chi connectivity index (χ0n) is 20.1. The average molecular weight is 521 g/mol. The third kappa shape index (κ3) is 8.14. The smallest absolute Gasteiger partial charge is 0.243 e. The molecule has 0 saturated carbocycles. The van der Waals surface area contributed by atoms with Gasteiger partial charge < -0.3 is 10.2 Å². The molecular weight excluding hydrogens is 488 g/mol. The molecule has 0 aliphatic rings. The molecule has 3 rings (SSSR count). The molecule has 1 N–H and O–H groups in total. The first-order valence-electron chi connectivity index (χ1n) is 11.6. The number of rotatable bonds is 9. The second kappa shape index (κ2) is 12.0. The van der Waals surface area contributed by atoms with E-state index in [4.69, 9.17) is 0 Å². The molecule has 0 fully saturated rings. The molecule has 0 bridgehead atoms. The minimum atomic E-state index is -0.617. The van der Waals surface area contributed by atoms with Crippen LogP contribution < -0.4 is 5.32 Å². The van der Waals surface area contributed by atoms with E-state index in [9.17, 15) is 9.59 Å². The lowest BCUT2D eigenvalue weighted by Gasteiger charge is -2.34. The van der Waals surface area contributed by atoms with Gasteiger partial charge in [0.1, 0.15) is 6.04 Å². The molecule has 0 aliphatic carbocycles. The quantitative estimate of drug-likeness (QED) is 0.379. The summed E-state index contributed by atoms with van der Waals surface area (Å²) in [6.45, 7) is 6.25. The van der Waals surface area contributed by atoms with Gasteiger partial charge >= 0.3 is 0 Å². The van der Waals surface area contributed by atoms with Gasteiger partial charge in [-0.1, -0.05) is 88.7 Å². The predicted octanol–water partition coefficient (Wildman–Crippen LogP) is 5.94. The Kier molecular flexibility index (Phi) is 9.05. The van der Waals surface area contributed by atoms with E-state index in [1.165, 1.54) is 0 Å². The van der Waals surface area contributed by atoms with Crippen LogP contribution in [0, 0.1) is 0 Å². The van der Waals surface area contributed by atoms with Crippen LogP contribution in [0.15, 0.2) is 89.4 Å². The van der Waals surface area contributed by atoms with Gasteiger partial charge in [-0.15, -0.1) is 0 Å². The van der Waals surface area contributed by atoms with E-state index >= 15 is 0 Å². The Morgan fingerprint density at radius 2 is 1.38 bits per heavy atom. The van der Waals surface area contributed by atoms with Gasteiger partial charge in [-0.05, 0) is 56.0 Å². The minimum absolute atomic E-state index is 0.0308. The summed E-state index contributed by atoms with van der Waals surface area (Å²) in [5, 5.41) is 3.10. The van der Waals surface area contributed by atoms with Gasteiger partial charge in [-0.3, -0.25) is 9.59 Å². The lowest BCUT2D eigenvalue weighted by atomic mass is 10.00. The fourth-order valence-corrected chi connectivity index (χ4v) is 4.10. The van der Waals surface area contributed by atoms with Gasteiger partial charge in [-0.25, -0.2) is 0 Å². The summed E-state index contributed by atoms with van der Waals surface area (Å²) in [4.78, 5) is 28.9. The summed E-state index contributed by atoms with van der Waals surface area (Å²) in [6, 6.07) is 27.2. The van der Waals surface area contributed by atoms with Crippen LogP contribution in [0.1, 0.15) is 43.9 Å². The Hall–Kier alpha value is -2.92. The standard InChI is InChI=1S/C29H33BrN2O2/c1-29(2,3)31-28(34)26(20-23-12-8-5-9-13-23)32(21-24-14-17-25(30)18-15-24)27(33)19-16-22-10-6-4-7-11-22/h4-15,17-18,26H,16,19-21H2,1-3H3,(H,31,34). The van der Waals surface area contributed by atoms with Crippen LogP contribution in [0.25, 0.3) is 0 Å². The normalized spacial score (nSPS) is 12.1. The van der Waals surface area contributed by atoms with Crippen molar-refractivity contribution in [3.63, 3.8) is 0 Å². The minimum Gasteiger partial charge on any atom is -0.350 e. The molecule has 4 nitrogen and oxygen atoms in total. The first kappa shape index (κ1) is 25.7. The van der Waals surface area contributed by atoms with E-state index in [-0.39, 0.29) is 11.8 Å². The van der Waals surface area contributed by atoms with Crippen LogP contribution in [0.5, 0.6) is 0 Å². The largest absolute Gasteiger partial charge is 0.350 e. The predicted molar refractivity (Wildman–Crippen MR) is 141 cm³/mol. The van der Waals surface area contributed by atoms with Crippen LogP contribution in [-0.2, 0) is 29.0 Å². The van der Waals surface area contributed by atoms with Crippen LogP contribution in [0.4, 0.5) is 0 Å². The zero-order chi connectivity index (χ0) is 24.6. The Labute approximate surface area is 211 Å². The molecule has 3 aromatic rings. The van der Waals surface area contributed by atoms with Crippen molar-refractivity contribution in [1.82, 2.24) is 10.2 Å². The van der Waals surface area contributed by atoms with E-state index in [1.54, 1.807) is 4.90 Å². The number of hydrogen-bond donors (Lipinski definition) is 1. The summed E-state index contributed by atoms with van der Waals surface area (Å²) in [5.41, 5.74) is 2.71. The number of carbonyl (C=O) groups is 2. The van der Waals surface area contributed by atoms with Crippen molar-refractivity contribution in [3.8, 4) is 0 Å². The van der Waals surface area contributed by atoms with Crippen LogP contribution in [0.3, 0.4) is 0 Å². The first-order valence-corrected chi connectivity index (χ1v) is 12.4. The Morgan fingerprint density at radius 3 is 1.94 bits per heavy atom. The van der Waals surface area contributed by atoms with Crippen molar-refractivity contribution in [2.24, 2.45) is 0 Å². The summed E-state index contributed by atoms with van der Waals surface area (Å²) >= 11 is 3.48. The number of nitrogens with zero attached hydrogens (tertiary/aromatic N) is 1.